The predicted molar refractivity (Wildman–Crippen MR) is 92.7 cm³/mol. The summed E-state index contributed by atoms with van der Waals surface area (Å²) >= 11 is 0. The highest BCUT2D eigenvalue weighted by atomic mass is 16.1. The molecule has 122 valence electrons. The fourth-order valence-electron chi connectivity index (χ4n) is 2.59. The first-order chi connectivity index (χ1) is 11.6. The van der Waals surface area contributed by atoms with Crippen molar-refractivity contribution in [2.75, 3.05) is 5.32 Å². The molecule has 0 saturated carbocycles. The highest BCUT2D eigenvalue weighted by molar-refractivity contribution is 6.05. The van der Waals surface area contributed by atoms with Crippen LogP contribution in [0.4, 0.5) is 5.69 Å². The summed E-state index contributed by atoms with van der Waals surface area (Å²) in [6.45, 7) is 3.76. The van der Waals surface area contributed by atoms with Crippen LogP contribution in [-0.4, -0.2) is 20.7 Å². The van der Waals surface area contributed by atoms with E-state index in [0.717, 1.165) is 11.4 Å². The van der Waals surface area contributed by atoms with Crippen molar-refractivity contribution in [3.63, 3.8) is 0 Å². The minimum Gasteiger partial charge on any atom is -0.327 e. The van der Waals surface area contributed by atoms with E-state index in [1.807, 2.05) is 37.3 Å². The van der Waals surface area contributed by atoms with E-state index >= 15 is 0 Å². The molecule has 0 unspecified atom stereocenters. The molecule has 0 saturated heterocycles. The molecular weight excluding hydrogens is 304 g/mol. The zero-order valence-electron chi connectivity index (χ0n) is 13.5. The van der Waals surface area contributed by atoms with Crippen molar-refractivity contribution < 1.29 is 4.79 Å². The van der Waals surface area contributed by atoms with E-state index in [1.54, 1.807) is 17.8 Å². The molecule has 0 bridgehead atoms. The molecule has 0 radical (unpaired) electrons. The maximum atomic E-state index is 12.6. The first-order valence-corrected chi connectivity index (χ1v) is 7.73. The maximum absolute atomic E-state index is 12.6. The molecule has 1 aromatic carbocycles. The summed E-state index contributed by atoms with van der Waals surface area (Å²) in [6.07, 6.45) is 3.74. The summed E-state index contributed by atoms with van der Waals surface area (Å²) in [5.74, 6) is -0.246. The average molecular weight is 322 g/mol. The van der Waals surface area contributed by atoms with Crippen LogP contribution >= 0.6 is 0 Å². The highest BCUT2D eigenvalue weighted by Gasteiger charge is 2.17. The van der Waals surface area contributed by atoms with Gasteiger partial charge < -0.3 is 10.3 Å². The molecule has 0 aliphatic rings. The van der Waals surface area contributed by atoms with Gasteiger partial charge in [0, 0.05) is 12.3 Å². The lowest BCUT2D eigenvalue weighted by Crippen LogP contribution is -2.16. The molecule has 1 amide bonds. The van der Waals surface area contributed by atoms with Gasteiger partial charge in [-0.15, -0.1) is 0 Å². The molecule has 2 heterocycles. The predicted octanol–water partition coefficient (Wildman–Crippen LogP) is 2.68. The van der Waals surface area contributed by atoms with Crippen molar-refractivity contribution >= 4 is 11.6 Å². The lowest BCUT2D eigenvalue weighted by Gasteiger charge is -2.09. The Morgan fingerprint density at radius 2 is 2.04 bits per heavy atom. The third-order valence-electron chi connectivity index (χ3n) is 3.83. The van der Waals surface area contributed by atoms with Gasteiger partial charge in [-0.25, -0.2) is 4.68 Å². The van der Waals surface area contributed by atoms with Gasteiger partial charge in [0.15, 0.2) is 0 Å². The Morgan fingerprint density at radius 3 is 2.71 bits per heavy atom. The van der Waals surface area contributed by atoms with Gasteiger partial charge in [-0.1, -0.05) is 25.1 Å². The van der Waals surface area contributed by atoms with E-state index in [9.17, 15) is 9.59 Å². The van der Waals surface area contributed by atoms with Crippen LogP contribution in [0.5, 0.6) is 0 Å². The number of aromatic nitrogens is 3. The van der Waals surface area contributed by atoms with Crippen molar-refractivity contribution in [1.82, 2.24) is 14.8 Å². The Bertz CT molecular complexity index is 926. The minimum atomic E-state index is -0.246. The highest BCUT2D eigenvalue weighted by Crippen LogP contribution is 2.18. The molecule has 3 rings (SSSR count). The van der Waals surface area contributed by atoms with Crippen LogP contribution in [0.2, 0.25) is 0 Å². The molecule has 0 spiro atoms. The number of para-hydroxylation sites is 1. The molecule has 0 atom stereocenters. The number of hydrogen-bond acceptors (Lipinski definition) is 3. The van der Waals surface area contributed by atoms with Crippen LogP contribution in [0.15, 0.2) is 53.6 Å². The van der Waals surface area contributed by atoms with Crippen molar-refractivity contribution in [1.29, 1.82) is 0 Å². The summed E-state index contributed by atoms with van der Waals surface area (Å²) in [5.41, 5.74) is 3.35. The normalized spacial score (nSPS) is 10.6. The molecular formula is C18H18N4O2. The van der Waals surface area contributed by atoms with Gasteiger partial charge in [0.2, 0.25) is 5.56 Å². The van der Waals surface area contributed by atoms with E-state index in [-0.39, 0.29) is 11.5 Å². The number of aromatic amines is 1. The molecule has 0 fully saturated rings. The smallest absolute Gasteiger partial charge is 0.259 e. The van der Waals surface area contributed by atoms with Crippen LogP contribution in [-0.2, 0) is 6.42 Å². The van der Waals surface area contributed by atoms with Gasteiger partial charge in [0.25, 0.3) is 5.91 Å². The molecule has 2 aromatic heterocycles. The lowest BCUT2D eigenvalue weighted by atomic mass is 10.1. The number of carbonyl (C=O) groups excluding carboxylic acids is 1. The van der Waals surface area contributed by atoms with E-state index in [4.69, 9.17) is 0 Å². The number of anilines is 1. The molecule has 3 aromatic rings. The largest absolute Gasteiger partial charge is 0.327 e. The number of aryl methyl sites for hydroxylation is 1. The van der Waals surface area contributed by atoms with Crippen LogP contribution in [0.25, 0.3) is 5.69 Å². The van der Waals surface area contributed by atoms with E-state index in [0.29, 0.717) is 23.2 Å². The number of nitrogens with one attached hydrogen (secondary N) is 2. The summed E-state index contributed by atoms with van der Waals surface area (Å²) in [5, 5.41) is 7.19. The molecule has 6 heteroatoms. The summed E-state index contributed by atoms with van der Waals surface area (Å²) in [6, 6.07) is 11.1. The van der Waals surface area contributed by atoms with Crippen LogP contribution in [0.3, 0.4) is 0 Å². The number of rotatable bonds is 4. The van der Waals surface area contributed by atoms with Gasteiger partial charge in [-0.2, -0.15) is 5.10 Å². The van der Waals surface area contributed by atoms with Crippen molar-refractivity contribution in [3.8, 4) is 5.69 Å². The van der Waals surface area contributed by atoms with Gasteiger partial charge in [-0.05, 0) is 31.0 Å². The Hall–Kier alpha value is -3.15. The lowest BCUT2D eigenvalue weighted by molar-refractivity contribution is 0.102. The van der Waals surface area contributed by atoms with Gasteiger partial charge >= 0.3 is 0 Å². The number of pyridine rings is 1. The van der Waals surface area contributed by atoms with Gasteiger partial charge in [0.05, 0.1) is 28.8 Å². The number of H-pyrrole nitrogens is 1. The van der Waals surface area contributed by atoms with Crippen LogP contribution in [0, 0.1) is 6.92 Å². The zero-order chi connectivity index (χ0) is 17.1. The molecule has 0 aliphatic heterocycles. The average Bonchev–Trinajstić information content (AvgIpc) is 3.02. The SMILES string of the molecule is CCc1c(C(=O)Nc2c[nH]c(=O)cc2C)cnn1-c1ccccc1. The number of amides is 1. The first kappa shape index (κ1) is 15.7. The molecule has 24 heavy (non-hydrogen) atoms. The van der Waals surface area contributed by atoms with E-state index < -0.39 is 0 Å². The number of benzene rings is 1. The fraction of sp³-hybridized carbons (Fsp3) is 0.167. The second-order valence-electron chi connectivity index (χ2n) is 5.45. The van der Waals surface area contributed by atoms with Gasteiger partial charge in [-0.3, -0.25) is 9.59 Å². The fourth-order valence-corrected chi connectivity index (χ4v) is 2.59. The Morgan fingerprint density at radius 1 is 1.29 bits per heavy atom. The van der Waals surface area contributed by atoms with Crippen molar-refractivity contribution in [3.05, 3.63) is 76.0 Å². The Balaban J connectivity index is 1.93. The standard InChI is InChI=1S/C18H18N4O2/c1-3-16-14(10-20-22(16)13-7-5-4-6-8-13)18(24)21-15-11-19-17(23)9-12(15)2/h4-11H,3H2,1-2H3,(H,19,23)(H,21,24). The molecule has 6 nitrogen and oxygen atoms in total. The van der Waals surface area contributed by atoms with Gasteiger partial charge in [0.1, 0.15) is 0 Å². The first-order valence-electron chi connectivity index (χ1n) is 7.73. The zero-order valence-corrected chi connectivity index (χ0v) is 13.5. The summed E-state index contributed by atoms with van der Waals surface area (Å²) < 4.78 is 1.77. The van der Waals surface area contributed by atoms with E-state index in [1.165, 1.54) is 12.3 Å². The van der Waals surface area contributed by atoms with Crippen LogP contribution in [0.1, 0.15) is 28.5 Å². The third kappa shape index (κ3) is 2.99. The number of nitrogens with zero attached hydrogens (tertiary/aromatic N) is 2. The summed E-state index contributed by atoms with van der Waals surface area (Å²) in [7, 11) is 0. The third-order valence-corrected chi connectivity index (χ3v) is 3.83. The topological polar surface area (TPSA) is 79.8 Å². The second-order valence-corrected chi connectivity index (χ2v) is 5.45. The number of carbonyl (C=O) groups is 1. The summed E-state index contributed by atoms with van der Waals surface area (Å²) in [4.78, 5) is 26.5. The Labute approximate surface area is 139 Å². The van der Waals surface area contributed by atoms with E-state index in [2.05, 4.69) is 15.4 Å². The Kier molecular flexibility index (Phi) is 4.29. The maximum Gasteiger partial charge on any atom is 0.259 e. The molecule has 0 aliphatic carbocycles. The number of hydrogen-bond donors (Lipinski definition) is 2. The van der Waals surface area contributed by atoms with Crippen molar-refractivity contribution in [2.24, 2.45) is 0 Å². The van der Waals surface area contributed by atoms with Crippen molar-refractivity contribution in [2.45, 2.75) is 20.3 Å². The minimum absolute atomic E-state index is 0.198. The van der Waals surface area contributed by atoms with Crippen LogP contribution < -0.4 is 10.9 Å². The quantitative estimate of drug-likeness (QED) is 0.775. The molecule has 2 N–H and O–H groups in total. The second kappa shape index (κ2) is 6.54. The monoisotopic (exact) mass is 322 g/mol.